The minimum Gasteiger partial charge on any atom is -0.347 e. The minimum atomic E-state index is 0.0723. The Kier molecular flexibility index (Phi) is 4.64. The van der Waals surface area contributed by atoms with E-state index in [9.17, 15) is 4.79 Å². The summed E-state index contributed by atoms with van der Waals surface area (Å²) in [6, 6.07) is 24.4. The second-order valence-corrected chi connectivity index (χ2v) is 7.13. The number of nitrogens with zero attached hydrogens (tertiary/aromatic N) is 1. The van der Waals surface area contributed by atoms with E-state index in [2.05, 4.69) is 42.2 Å². The summed E-state index contributed by atoms with van der Waals surface area (Å²) in [7, 11) is 0. The number of para-hydroxylation sites is 1. The number of ketones is 1. The van der Waals surface area contributed by atoms with Gasteiger partial charge in [0.15, 0.2) is 5.78 Å². The van der Waals surface area contributed by atoms with E-state index < -0.39 is 0 Å². The largest absolute Gasteiger partial charge is 0.347 e. The summed E-state index contributed by atoms with van der Waals surface area (Å²) in [5.74, 6) is 0.0723. The lowest BCUT2D eigenvalue weighted by Crippen LogP contribution is -2.16. The summed E-state index contributed by atoms with van der Waals surface area (Å²) in [6.45, 7) is 4.96. The number of hydrogen-bond donors (Lipinski definition) is 0. The van der Waals surface area contributed by atoms with E-state index in [-0.39, 0.29) is 5.78 Å². The van der Waals surface area contributed by atoms with Crippen LogP contribution in [0.2, 0.25) is 0 Å². The van der Waals surface area contributed by atoms with Crippen LogP contribution in [0.5, 0.6) is 0 Å². The third-order valence-corrected chi connectivity index (χ3v) is 5.16. The normalized spacial score (nSPS) is 13.6. The van der Waals surface area contributed by atoms with Gasteiger partial charge in [0.1, 0.15) is 0 Å². The van der Waals surface area contributed by atoms with Gasteiger partial charge in [0.05, 0.1) is 0 Å². The van der Waals surface area contributed by atoms with Crippen molar-refractivity contribution in [1.82, 2.24) is 0 Å². The first-order valence-corrected chi connectivity index (χ1v) is 9.37. The molecule has 134 valence electrons. The number of aryl methyl sites for hydroxylation is 2. The van der Waals surface area contributed by atoms with Crippen molar-refractivity contribution in [2.75, 3.05) is 11.4 Å². The second-order valence-electron chi connectivity index (χ2n) is 7.13. The quantitative estimate of drug-likeness (QED) is 0.450. The zero-order chi connectivity index (χ0) is 18.8. The predicted molar refractivity (Wildman–Crippen MR) is 112 cm³/mol. The molecule has 0 aliphatic carbocycles. The lowest BCUT2D eigenvalue weighted by atomic mass is 9.94. The van der Waals surface area contributed by atoms with Crippen LogP contribution >= 0.6 is 0 Å². The van der Waals surface area contributed by atoms with Gasteiger partial charge >= 0.3 is 0 Å². The van der Waals surface area contributed by atoms with Crippen molar-refractivity contribution in [1.29, 1.82) is 0 Å². The molecule has 3 aromatic rings. The van der Waals surface area contributed by atoms with Gasteiger partial charge in [-0.05, 0) is 43.0 Å². The molecular weight excluding hydrogens is 330 g/mol. The van der Waals surface area contributed by atoms with Gasteiger partial charge in [0.2, 0.25) is 0 Å². The van der Waals surface area contributed by atoms with Crippen molar-refractivity contribution in [3.8, 4) is 0 Å². The second kappa shape index (κ2) is 7.24. The first-order chi connectivity index (χ1) is 13.1. The summed E-state index contributed by atoms with van der Waals surface area (Å²) in [5, 5.41) is 0. The third kappa shape index (κ3) is 3.43. The van der Waals surface area contributed by atoms with Gasteiger partial charge in [-0.25, -0.2) is 0 Å². The Labute approximate surface area is 160 Å². The fraction of sp³-hybridized carbons (Fsp3) is 0.160. The Morgan fingerprint density at radius 2 is 1.67 bits per heavy atom. The number of anilines is 1. The number of benzene rings is 3. The number of hydrogen-bond acceptors (Lipinski definition) is 2. The van der Waals surface area contributed by atoms with Gasteiger partial charge in [0.25, 0.3) is 0 Å². The smallest absolute Gasteiger partial charge is 0.195 e. The summed E-state index contributed by atoms with van der Waals surface area (Å²) >= 11 is 0. The highest BCUT2D eigenvalue weighted by Gasteiger charge is 2.21. The molecule has 0 spiro atoms. The van der Waals surface area contributed by atoms with E-state index >= 15 is 0 Å². The van der Waals surface area contributed by atoms with Gasteiger partial charge in [-0.3, -0.25) is 4.79 Å². The Morgan fingerprint density at radius 1 is 0.926 bits per heavy atom. The molecule has 0 N–H and O–H groups in total. The summed E-state index contributed by atoms with van der Waals surface area (Å²) in [6.07, 6.45) is 3.04. The number of fused-ring (bicyclic) bond motifs is 1. The van der Waals surface area contributed by atoms with Crippen LogP contribution in [0.3, 0.4) is 0 Å². The van der Waals surface area contributed by atoms with Crippen molar-refractivity contribution in [3.05, 3.63) is 107 Å². The summed E-state index contributed by atoms with van der Waals surface area (Å²) in [4.78, 5) is 15.7. The summed E-state index contributed by atoms with van der Waals surface area (Å²) in [5.41, 5.74) is 7.17. The molecule has 4 rings (SSSR count). The molecule has 0 atom stereocenters. The molecule has 27 heavy (non-hydrogen) atoms. The van der Waals surface area contributed by atoms with E-state index in [1.165, 1.54) is 16.8 Å². The van der Waals surface area contributed by atoms with Gasteiger partial charge in [0, 0.05) is 29.6 Å². The van der Waals surface area contributed by atoms with E-state index in [1.807, 2.05) is 55.6 Å². The fourth-order valence-corrected chi connectivity index (χ4v) is 3.75. The molecule has 0 saturated heterocycles. The maximum atomic E-state index is 13.5. The molecule has 0 radical (unpaired) electrons. The maximum absolute atomic E-state index is 13.5. The molecule has 0 fully saturated rings. The van der Waals surface area contributed by atoms with Crippen LogP contribution in [0.25, 0.3) is 5.57 Å². The van der Waals surface area contributed by atoms with Gasteiger partial charge in [-0.1, -0.05) is 72.3 Å². The van der Waals surface area contributed by atoms with E-state index in [0.717, 1.165) is 35.2 Å². The lowest BCUT2D eigenvalue weighted by Gasteiger charge is -2.18. The standard InChI is InChI=1S/C25H23NO/c1-18-12-13-22(19(2)16-18)25(27)23(20-8-4-3-5-9-20)17-26-15-14-21-10-6-7-11-24(21)26/h3-13,16-17H,14-15H2,1-2H3/b23-17+. The molecule has 1 aliphatic rings. The van der Waals surface area contributed by atoms with Crippen LogP contribution in [-0.2, 0) is 6.42 Å². The number of rotatable bonds is 4. The molecule has 0 unspecified atom stereocenters. The average molecular weight is 353 g/mol. The molecule has 0 saturated carbocycles. The van der Waals surface area contributed by atoms with Crippen LogP contribution in [-0.4, -0.2) is 12.3 Å². The summed E-state index contributed by atoms with van der Waals surface area (Å²) < 4.78 is 0. The highest BCUT2D eigenvalue weighted by atomic mass is 16.1. The fourth-order valence-electron chi connectivity index (χ4n) is 3.75. The van der Waals surface area contributed by atoms with Crippen molar-refractivity contribution in [3.63, 3.8) is 0 Å². The minimum absolute atomic E-state index is 0.0723. The SMILES string of the molecule is Cc1ccc(C(=O)/C(=C/N2CCc3ccccc32)c2ccccc2)c(C)c1. The van der Waals surface area contributed by atoms with E-state index in [1.54, 1.807) is 0 Å². The predicted octanol–water partition coefficient (Wildman–Crippen LogP) is 5.59. The maximum Gasteiger partial charge on any atom is 0.195 e. The zero-order valence-electron chi connectivity index (χ0n) is 15.8. The average Bonchev–Trinajstić information content (AvgIpc) is 3.09. The van der Waals surface area contributed by atoms with Crippen LogP contribution in [0, 0.1) is 13.8 Å². The topological polar surface area (TPSA) is 20.3 Å². The molecule has 2 heteroatoms. The van der Waals surface area contributed by atoms with E-state index in [4.69, 9.17) is 0 Å². The van der Waals surface area contributed by atoms with Crippen molar-refractivity contribution >= 4 is 17.0 Å². The van der Waals surface area contributed by atoms with Gasteiger partial charge in [-0.2, -0.15) is 0 Å². The third-order valence-electron chi connectivity index (χ3n) is 5.16. The van der Waals surface area contributed by atoms with Crippen molar-refractivity contribution in [2.24, 2.45) is 0 Å². The van der Waals surface area contributed by atoms with Crippen LogP contribution < -0.4 is 4.90 Å². The first-order valence-electron chi connectivity index (χ1n) is 9.37. The number of allylic oxidation sites excluding steroid dienone is 1. The molecule has 0 bridgehead atoms. The lowest BCUT2D eigenvalue weighted by molar-refractivity contribution is 0.105. The van der Waals surface area contributed by atoms with Crippen LogP contribution in [0.1, 0.15) is 32.6 Å². The first kappa shape index (κ1) is 17.3. The molecule has 1 aliphatic heterocycles. The number of Topliss-reactive ketones (excluding diaryl/α,β-unsaturated/α-hetero) is 1. The van der Waals surface area contributed by atoms with Gasteiger partial charge in [-0.15, -0.1) is 0 Å². The monoisotopic (exact) mass is 353 g/mol. The highest BCUT2D eigenvalue weighted by Crippen LogP contribution is 2.31. The Bertz CT molecular complexity index is 1020. The molecule has 2 nitrogen and oxygen atoms in total. The molecule has 0 aromatic heterocycles. The molecule has 1 heterocycles. The van der Waals surface area contributed by atoms with E-state index in [0.29, 0.717) is 0 Å². The number of carbonyl (C=O) groups excluding carboxylic acids is 1. The van der Waals surface area contributed by atoms with Crippen molar-refractivity contribution in [2.45, 2.75) is 20.3 Å². The molecule has 3 aromatic carbocycles. The van der Waals surface area contributed by atoms with Crippen molar-refractivity contribution < 1.29 is 4.79 Å². The molecule has 0 amide bonds. The Morgan fingerprint density at radius 3 is 2.44 bits per heavy atom. The zero-order valence-corrected chi connectivity index (χ0v) is 15.8. The van der Waals surface area contributed by atoms with Crippen LogP contribution in [0.15, 0.2) is 79.0 Å². The highest BCUT2D eigenvalue weighted by molar-refractivity contribution is 6.29. The van der Waals surface area contributed by atoms with Gasteiger partial charge < -0.3 is 4.90 Å². The Balaban J connectivity index is 1.80. The Hall–Kier alpha value is -3.13. The molecular formula is C25H23NO. The number of carbonyl (C=O) groups is 1. The van der Waals surface area contributed by atoms with Crippen LogP contribution in [0.4, 0.5) is 5.69 Å².